The van der Waals surface area contributed by atoms with Gasteiger partial charge in [-0.15, -0.1) is 0 Å². The maximum absolute atomic E-state index is 12.2. The van der Waals surface area contributed by atoms with Crippen LogP contribution in [0.1, 0.15) is 32.3 Å². The number of rotatable bonds is 7. The van der Waals surface area contributed by atoms with Gasteiger partial charge >= 0.3 is 6.03 Å². The third kappa shape index (κ3) is 4.91. The zero-order chi connectivity index (χ0) is 14.1. The van der Waals surface area contributed by atoms with Crippen molar-refractivity contribution in [3.05, 3.63) is 35.9 Å². The fourth-order valence-electron chi connectivity index (χ4n) is 2.19. The van der Waals surface area contributed by atoms with Crippen LogP contribution in [0.25, 0.3) is 0 Å². The van der Waals surface area contributed by atoms with E-state index in [1.165, 1.54) is 0 Å². The van der Waals surface area contributed by atoms with E-state index < -0.39 is 0 Å². The molecule has 0 fully saturated rings. The molecule has 0 aliphatic heterocycles. The Labute approximate surface area is 116 Å². The van der Waals surface area contributed by atoms with Crippen LogP contribution >= 0.6 is 0 Å². The minimum Gasteiger partial charge on any atom is -0.334 e. The van der Waals surface area contributed by atoms with Gasteiger partial charge in [-0.1, -0.05) is 44.2 Å². The summed E-state index contributed by atoms with van der Waals surface area (Å²) in [5.41, 5.74) is 6.70. The smallest absolute Gasteiger partial charge is 0.317 e. The van der Waals surface area contributed by atoms with Crippen molar-refractivity contribution in [2.45, 2.75) is 39.3 Å². The summed E-state index contributed by atoms with van der Waals surface area (Å²) in [5.74, 6) is 0. The number of nitrogens with zero attached hydrogens (tertiary/aromatic N) is 1. The quantitative estimate of drug-likeness (QED) is 0.793. The number of amides is 2. The normalized spacial score (nSPS) is 10.5. The lowest BCUT2D eigenvalue weighted by Crippen LogP contribution is -2.47. The van der Waals surface area contributed by atoms with Crippen LogP contribution in [0.2, 0.25) is 0 Å². The lowest BCUT2D eigenvalue weighted by molar-refractivity contribution is 0.171. The Morgan fingerprint density at radius 2 is 1.89 bits per heavy atom. The first-order valence-electron chi connectivity index (χ1n) is 7.01. The van der Waals surface area contributed by atoms with Gasteiger partial charge in [-0.2, -0.15) is 0 Å². The first kappa shape index (κ1) is 15.5. The molecule has 0 aliphatic rings. The third-order valence-corrected chi connectivity index (χ3v) is 3.30. The van der Waals surface area contributed by atoms with E-state index in [4.69, 9.17) is 5.73 Å². The van der Waals surface area contributed by atoms with Gasteiger partial charge in [-0.05, 0) is 18.4 Å². The average molecular weight is 263 g/mol. The monoisotopic (exact) mass is 263 g/mol. The number of hydrogen-bond acceptors (Lipinski definition) is 2. The molecule has 0 unspecified atom stereocenters. The highest BCUT2D eigenvalue weighted by Crippen LogP contribution is 2.08. The van der Waals surface area contributed by atoms with Gasteiger partial charge in [0.15, 0.2) is 0 Å². The molecule has 1 aromatic carbocycles. The number of benzene rings is 1. The minimum absolute atomic E-state index is 0.0250. The van der Waals surface area contributed by atoms with Gasteiger partial charge in [-0.25, -0.2) is 4.79 Å². The molecule has 0 bridgehead atoms. The van der Waals surface area contributed by atoms with Crippen LogP contribution in [-0.4, -0.2) is 30.1 Å². The van der Waals surface area contributed by atoms with Gasteiger partial charge in [0.1, 0.15) is 0 Å². The molecule has 1 aromatic rings. The van der Waals surface area contributed by atoms with Crippen LogP contribution < -0.4 is 11.1 Å². The maximum atomic E-state index is 12.2. The number of nitrogens with two attached hydrogens (primary N) is 1. The van der Waals surface area contributed by atoms with Crippen molar-refractivity contribution in [2.75, 3.05) is 13.1 Å². The van der Waals surface area contributed by atoms with Gasteiger partial charge in [-0.3, -0.25) is 0 Å². The topological polar surface area (TPSA) is 58.4 Å². The first-order valence-corrected chi connectivity index (χ1v) is 7.01. The van der Waals surface area contributed by atoms with Crippen molar-refractivity contribution < 1.29 is 4.79 Å². The Hall–Kier alpha value is -1.55. The second-order valence-corrected chi connectivity index (χ2v) is 4.60. The molecular formula is C15H25N3O. The summed E-state index contributed by atoms with van der Waals surface area (Å²) in [5, 5.41) is 2.96. The van der Waals surface area contributed by atoms with Crippen LogP contribution in [0.15, 0.2) is 30.3 Å². The lowest BCUT2D eigenvalue weighted by atomic mass is 10.1. The second kappa shape index (κ2) is 8.53. The van der Waals surface area contributed by atoms with Crippen LogP contribution in [0, 0.1) is 0 Å². The Morgan fingerprint density at radius 3 is 2.42 bits per heavy atom. The van der Waals surface area contributed by atoms with Crippen molar-refractivity contribution in [1.29, 1.82) is 0 Å². The predicted molar refractivity (Wildman–Crippen MR) is 78.8 cm³/mol. The summed E-state index contributed by atoms with van der Waals surface area (Å²) in [4.78, 5) is 14.1. The maximum Gasteiger partial charge on any atom is 0.317 e. The van der Waals surface area contributed by atoms with E-state index in [0.29, 0.717) is 19.6 Å². The number of carbonyl (C=O) groups excluding carboxylic acids is 1. The fourth-order valence-corrected chi connectivity index (χ4v) is 2.19. The van der Waals surface area contributed by atoms with E-state index in [0.717, 1.165) is 18.4 Å². The molecule has 0 aromatic heterocycles. The molecule has 1 rings (SSSR count). The van der Waals surface area contributed by atoms with E-state index in [2.05, 4.69) is 19.2 Å². The predicted octanol–water partition coefficient (Wildman–Crippen LogP) is 2.35. The van der Waals surface area contributed by atoms with Crippen molar-refractivity contribution in [3.8, 4) is 0 Å². The number of hydrogen-bond donors (Lipinski definition) is 2. The Kier molecular flexibility index (Phi) is 6.97. The standard InChI is InChI=1S/C15H25N3O/c1-3-14(4-2)18(11-10-16)15(19)17-12-13-8-6-5-7-9-13/h5-9,14H,3-4,10-12,16H2,1-2H3,(H,17,19). The number of carbonyl (C=O) groups is 1. The second-order valence-electron chi connectivity index (χ2n) is 4.60. The molecule has 0 radical (unpaired) electrons. The molecule has 0 saturated carbocycles. The van der Waals surface area contributed by atoms with Crippen LogP contribution in [0.4, 0.5) is 4.79 Å². The molecule has 0 saturated heterocycles. The van der Waals surface area contributed by atoms with Gasteiger partial charge in [0, 0.05) is 25.7 Å². The zero-order valence-electron chi connectivity index (χ0n) is 11.9. The van der Waals surface area contributed by atoms with Crippen LogP contribution in [0.5, 0.6) is 0 Å². The van der Waals surface area contributed by atoms with E-state index in [-0.39, 0.29) is 12.1 Å². The molecule has 4 nitrogen and oxygen atoms in total. The highest BCUT2D eigenvalue weighted by molar-refractivity contribution is 5.74. The summed E-state index contributed by atoms with van der Waals surface area (Å²) in [6.45, 7) is 5.85. The lowest BCUT2D eigenvalue weighted by Gasteiger charge is -2.30. The summed E-state index contributed by atoms with van der Waals surface area (Å²) >= 11 is 0. The van der Waals surface area contributed by atoms with Gasteiger partial charge in [0.25, 0.3) is 0 Å². The number of urea groups is 1. The van der Waals surface area contributed by atoms with Crippen molar-refractivity contribution in [2.24, 2.45) is 5.73 Å². The van der Waals surface area contributed by atoms with Crippen molar-refractivity contribution in [1.82, 2.24) is 10.2 Å². The fraction of sp³-hybridized carbons (Fsp3) is 0.533. The largest absolute Gasteiger partial charge is 0.334 e. The van der Waals surface area contributed by atoms with Gasteiger partial charge < -0.3 is 16.0 Å². The highest BCUT2D eigenvalue weighted by Gasteiger charge is 2.19. The highest BCUT2D eigenvalue weighted by atomic mass is 16.2. The van der Waals surface area contributed by atoms with Crippen molar-refractivity contribution in [3.63, 3.8) is 0 Å². The Bertz CT molecular complexity index is 363. The van der Waals surface area contributed by atoms with Crippen LogP contribution in [0.3, 0.4) is 0 Å². The van der Waals surface area contributed by atoms with E-state index in [9.17, 15) is 4.79 Å². The average Bonchev–Trinajstić information content (AvgIpc) is 2.46. The molecule has 0 spiro atoms. The first-order chi connectivity index (χ1) is 9.22. The SMILES string of the molecule is CCC(CC)N(CCN)C(=O)NCc1ccccc1. The molecule has 0 atom stereocenters. The third-order valence-electron chi connectivity index (χ3n) is 3.30. The van der Waals surface area contributed by atoms with E-state index in [1.807, 2.05) is 35.2 Å². The van der Waals surface area contributed by atoms with E-state index in [1.54, 1.807) is 0 Å². The molecule has 19 heavy (non-hydrogen) atoms. The molecule has 0 aliphatic carbocycles. The molecule has 0 heterocycles. The van der Waals surface area contributed by atoms with Crippen LogP contribution in [-0.2, 0) is 6.54 Å². The van der Waals surface area contributed by atoms with Crippen molar-refractivity contribution >= 4 is 6.03 Å². The zero-order valence-corrected chi connectivity index (χ0v) is 11.9. The Morgan fingerprint density at radius 1 is 1.26 bits per heavy atom. The summed E-state index contributed by atoms with van der Waals surface area (Å²) < 4.78 is 0. The summed E-state index contributed by atoms with van der Waals surface area (Å²) in [6.07, 6.45) is 1.91. The Balaban J connectivity index is 2.57. The molecule has 3 N–H and O–H groups in total. The van der Waals surface area contributed by atoms with Gasteiger partial charge in [0.05, 0.1) is 0 Å². The minimum atomic E-state index is -0.0250. The molecule has 2 amide bonds. The summed E-state index contributed by atoms with van der Waals surface area (Å²) in [7, 11) is 0. The molecular weight excluding hydrogens is 238 g/mol. The molecule has 4 heteroatoms. The summed E-state index contributed by atoms with van der Waals surface area (Å²) in [6, 6.07) is 10.2. The number of nitrogens with one attached hydrogen (secondary N) is 1. The van der Waals surface area contributed by atoms with E-state index >= 15 is 0 Å². The molecule has 106 valence electrons. The van der Waals surface area contributed by atoms with Gasteiger partial charge in [0.2, 0.25) is 0 Å².